The number of halogens is 1. The first-order valence-electron chi connectivity index (χ1n) is 7.86. The summed E-state index contributed by atoms with van der Waals surface area (Å²) in [6.45, 7) is 0. The van der Waals surface area contributed by atoms with E-state index in [2.05, 4.69) is 93.2 Å². The van der Waals surface area contributed by atoms with E-state index >= 15 is 0 Å². The number of rotatable bonds is 1. The minimum Gasteiger partial charge on any atom is -0.232 e. The summed E-state index contributed by atoms with van der Waals surface area (Å²) in [5, 5.41) is 8.32. The molecule has 0 bridgehead atoms. The van der Waals surface area contributed by atoms with Crippen molar-refractivity contribution in [3.8, 4) is 11.1 Å². The van der Waals surface area contributed by atoms with Gasteiger partial charge >= 0.3 is 0 Å². The third-order valence-electron chi connectivity index (χ3n) is 4.51. The van der Waals surface area contributed by atoms with E-state index in [9.17, 15) is 0 Å². The Morgan fingerprint density at radius 3 is 2.29 bits per heavy atom. The molecule has 2 nitrogen and oxygen atoms in total. The minimum atomic E-state index is 1.09. The molecule has 2 heterocycles. The number of para-hydroxylation sites is 1. The van der Waals surface area contributed by atoms with Crippen molar-refractivity contribution in [1.29, 1.82) is 0 Å². The van der Waals surface area contributed by atoms with Crippen molar-refractivity contribution in [3.63, 3.8) is 0 Å². The van der Waals surface area contributed by atoms with Gasteiger partial charge in [0.25, 0.3) is 0 Å². The van der Waals surface area contributed by atoms with Crippen LogP contribution in [0, 0.1) is 0 Å². The van der Waals surface area contributed by atoms with Gasteiger partial charge in [0.2, 0.25) is 0 Å². The molecule has 5 rings (SSSR count). The Balaban J connectivity index is 2.05. The van der Waals surface area contributed by atoms with Gasteiger partial charge in [-0.25, -0.2) is 4.52 Å². The van der Waals surface area contributed by atoms with Crippen LogP contribution in [0.3, 0.4) is 0 Å². The Bertz CT molecular complexity index is 1200. The van der Waals surface area contributed by atoms with E-state index in [4.69, 9.17) is 5.10 Å². The van der Waals surface area contributed by atoms with Gasteiger partial charge in [0.15, 0.2) is 0 Å². The molecule has 0 atom stereocenters. The summed E-state index contributed by atoms with van der Waals surface area (Å²) >= 11 is 3.53. The zero-order chi connectivity index (χ0) is 16.1. The predicted octanol–water partition coefficient (Wildman–Crippen LogP) is 6.07. The molecule has 0 N–H and O–H groups in total. The van der Waals surface area contributed by atoms with Crippen LogP contribution in [-0.4, -0.2) is 9.61 Å². The van der Waals surface area contributed by atoms with Gasteiger partial charge in [-0.05, 0) is 23.8 Å². The summed E-state index contributed by atoms with van der Waals surface area (Å²) < 4.78 is 3.15. The highest BCUT2D eigenvalue weighted by Crippen LogP contribution is 2.38. The molecule has 3 aromatic carbocycles. The molecule has 0 unspecified atom stereocenters. The van der Waals surface area contributed by atoms with Crippen LogP contribution in [0.5, 0.6) is 0 Å². The van der Waals surface area contributed by atoms with Gasteiger partial charge in [-0.3, -0.25) is 0 Å². The van der Waals surface area contributed by atoms with Gasteiger partial charge in [0.05, 0.1) is 17.2 Å². The van der Waals surface area contributed by atoms with Crippen molar-refractivity contribution >= 4 is 43.1 Å². The standard InChI is InChI=1S/C21H13BrN2/c22-16-11-9-14(10-12-16)20-18-7-3-4-8-19(18)24-21(20)17-6-2-1-5-15(17)13-23-24/h1-13H. The molecule has 0 aliphatic heterocycles. The second-order valence-corrected chi connectivity index (χ2v) is 6.81. The van der Waals surface area contributed by atoms with E-state index in [0.717, 1.165) is 20.9 Å². The van der Waals surface area contributed by atoms with Crippen molar-refractivity contribution in [2.75, 3.05) is 0 Å². The molecule has 2 aromatic heterocycles. The fraction of sp³-hybridized carbons (Fsp3) is 0. The monoisotopic (exact) mass is 372 g/mol. The maximum atomic E-state index is 4.71. The summed E-state index contributed by atoms with van der Waals surface area (Å²) in [6, 6.07) is 25.4. The maximum absolute atomic E-state index is 4.71. The number of fused-ring (bicyclic) bond motifs is 5. The molecule has 5 aromatic rings. The largest absolute Gasteiger partial charge is 0.232 e. The quantitative estimate of drug-likeness (QED) is 0.349. The molecular weight excluding hydrogens is 360 g/mol. The highest BCUT2D eigenvalue weighted by atomic mass is 79.9. The lowest BCUT2D eigenvalue weighted by Crippen LogP contribution is -1.91. The third kappa shape index (κ3) is 1.91. The molecule has 0 aliphatic rings. The van der Waals surface area contributed by atoms with Crippen LogP contribution in [-0.2, 0) is 0 Å². The van der Waals surface area contributed by atoms with E-state index in [0.29, 0.717) is 0 Å². The Morgan fingerprint density at radius 2 is 1.46 bits per heavy atom. The maximum Gasteiger partial charge on any atom is 0.0816 e. The first-order chi connectivity index (χ1) is 11.8. The Kier molecular flexibility index (Phi) is 2.97. The highest BCUT2D eigenvalue weighted by Gasteiger charge is 2.16. The predicted molar refractivity (Wildman–Crippen MR) is 103 cm³/mol. The molecular formula is C21H13BrN2. The minimum absolute atomic E-state index is 1.09. The number of benzene rings is 3. The summed E-state index contributed by atoms with van der Waals surface area (Å²) in [6.07, 6.45) is 1.94. The molecule has 0 radical (unpaired) electrons. The second-order valence-electron chi connectivity index (χ2n) is 5.89. The number of hydrogen-bond donors (Lipinski definition) is 0. The lowest BCUT2D eigenvalue weighted by molar-refractivity contribution is 0.988. The van der Waals surface area contributed by atoms with Crippen LogP contribution in [0.2, 0.25) is 0 Å². The number of aromatic nitrogens is 2. The van der Waals surface area contributed by atoms with Crippen LogP contribution in [0.15, 0.2) is 83.5 Å². The zero-order valence-electron chi connectivity index (χ0n) is 12.8. The first kappa shape index (κ1) is 13.8. The summed E-state index contributed by atoms with van der Waals surface area (Å²) in [5.41, 5.74) is 4.74. The molecule has 3 heteroatoms. The normalized spacial score (nSPS) is 11.5. The number of hydrogen-bond acceptors (Lipinski definition) is 1. The molecule has 0 aliphatic carbocycles. The van der Waals surface area contributed by atoms with Crippen molar-refractivity contribution in [3.05, 3.63) is 83.5 Å². The number of nitrogens with zero attached hydrogens (tertiary/aromatic N) is 2. The first-order valence-corrected chi connectivity index (χ1v) is 8.65. The Hall–Kier alpha value is -2.65. The van der Waals surface area contributed by atoms with Gasteiger partial charge in [0, 0.05) is 26.2 Å². The smallest absolute Gasteiger partial charge is 0.0816 e. The van der Waals surface area contributed by atoms with Crippen LogP contribution in [0.25, 0.3) is 38.3 Å². The summed E-state index contributed by atoms with van der Waals surface area (Å²) in [4.78, 5) is 0. The highest BCUT2D eigenvalue weighted by molar-refractivity contribution is 9.10. The second kappa shape index (κ2) is 5.18. The molecule has 0 saturated heterocycles. The third-order valence-corrected chi connectivity index (χ3v) is 5.04. The Morgan fingerprint density at radius 1 is 0.750 bits per heavy atom. The van der Waals surface area contributed by atoms with Gasteiger partial charge in [0.1, 0.15) is 0 Å². The Labute approximate surface area is 147 Å². The van der Waals surface area contributed by atoms with Crippen LogP contribution in [0.1, 0.15) is 0 Å². The van der Waals surface area contributed by atoms with Gasteiger partial charge in [-0.2, -0.15) is 5.10 Å². The van der Waals surface area contributed by atoms with E-state index < -0.39 is 0 Å². The molecule has 0 saturated carbocycles. The van der Waals surface area contributed by atoms with Crippen molar-refractivity contribution in [2.45, 2.75) is 0 Å². The molecule has 0 spiro atoms. The lowest BCUT2D eigenvalue weighted by Gasteiger charge is -2.05. The van der Waals surface area contributed by atoms with Crippen molar-refractivity contribution in [1.82, 2.24) is 9.61 Å². The van der Waals surface area contributed by atoms with Gasteiger partial charge in [-0.15, -0.1) is 0 Å². The van der Waals surface area contributed by atoms with Crippen molar-refractivity contribution < 1.29 is 0 Å². The van der Waals surface area contributed by atoms with E-state index in [1.807, 2.05) is 6.20 Å². The fourth-order valence-corrected chi connectivity index (χ4v) is 3.71. The van der Waals surface area contributed by atoms with E-state index in [-0.39, 0.29) is 0 Å². The van der Waals surface area contributed by atoms with Crippen molar-refractivity contribution in [2.24, 2.45) is 0 Å². The average Bonchev–Trinajstić information content (AvgIpc) is 2.97. The fourth-order valence-electron chi connectivity index (χ4n) is 3.45. The average molecular weight is 373 g/mol. The molecule has 0 fully saturated rings. The van der Waals surface area contributed by atoms with Crippen LogP contribution >= 0.6 is 15.9 Å². The molecule has 0 amide bonds. The zero-order valence-corrected chi connectivity index (χ0v) is 14.4. The van der Waals surface area contributed by atoms with E-state index in [1.165, 1.54) is 21.9 Å². The topological polar surface area (TPSA) is 17.3 Å². The van der Waals surface area contributed by atoms with Gasteiger partial charge in [-0.1, -0.05) is 70.5 Å². The lowest BCUT2D eigenvalue weighted by atomic mass is 10.0. The summed E-state index contributed by atoms with van der Waals surface area (Å²) in [5.74, 6) is 0. The summed E-state index contributed by atoms with van der Waals surface area (Å²) in [7, 11) is 0. The SMILES string of the molecule is Brc1ccc(-c2c3ccccc3n3ncc4ccccc4c23)cc1. The molecule has 24 heavy (non-hydrogen) atoms. The van der Waals surface area contributed by atoms with Crippen LogP contribution in [0.4, 0.5) is 0 Å². The molecule has 114 valence electrons. The van der Waals surface area contributed by atoms with Crippen LogP contribution < -0.4 is 0 Å². The van der Waals surface area contributed by atoms with Gasteiger partial charge < -0.3 is 0 Å². The van der Waals surface area contributed by atoms with E-state index in [1.54, 1.807) is 0 Å².